The number of aryl methyl sites for hydroxylation is 1. The fourth-order valence-corrected chi connectivity index (χ4v) is 2.15. The van der Waals surface area contributed by atoms with E-state index in [1.165, 1.54) is 22.4 Å². The molecule has 2 heteroatoms. The molecule has 0 saturated heterocycles. The number of benzene rings is 1. The quantitative estimate of drug-likeness (QED) is 0.844. The van der Waals surface area contributed by atoms with Gasteiger partial charge in [0.15, 0.2) is 0 Å². The Balaban J connectivity index is 2.17. The molecule has 0 unspecified atom stereocenters. The van der Waals surface area contributed by atoms with E-state index in [1.54, 1.807) is 0 Å². The van der Waals surface area contributed by atoms with Crippen LogP contribution in [0.4, 0.5) is 0 Å². The molecule has 96 valence electrons. The molecule has 0 amide bonds. The van der Waals surface area contributed by atoms with Crippen LogP contribution in [0, 0.1) is 6.92 Å². The summed E-state index contributed by atoms with van der Waals surface area (Å²) in [6.07, 6.45) is 3.34. The summed E-state index contributed by atoms with van der Waals surface area (Å²) in [7, 11) is 0. The highest BCUT2D eigenvalue weighted by Gasteiger charge is 2.09. The molecule has 0 aliphatic carbocycles. The summed E-state index contributed by atoms with van der Waals surface area (Å²) in [6, 6.07) is 10.5. The number of hydrogen-bond acceptors (Lipinski definition) is 1. The van der Waals surface area contributed by atoms with Crippen molar-refractivity contribution in [3.05, 3.63) is 47.8 Å². The van der Waals surface area contributed by atoms with Crippen LogP contribution in [0.5, 0.6) is 0 Å². The monoisotopic (exact) mass is 243 g/mol. The number of rotatable bonds is 5. The van der Waals surface area contributed by atoms with Crippen molar-refractivity contribution in [2.24, 2.45) is 0 Å². The van der Waals surface area contributed by atoms with Crippen LogP contribution in [0.15, 0.2) is 36.5 Å². The Morgan fingerprint density at radius 3 is 2.56 bits per heavy atom. The van der Waals surface area contributed by atoms with Crippen LogP contribution in [0.25, 0.3) is 11.1 Å². The minimum absolute atomic E-state index is 0.296. The first-order valence-corrected chi connectivity index (χ1v) is 6.52. The van der Waals surface area contributed by atoms with Gasteiger partial charge in [-0.1, -0.05) is 30.3 Å². The summed E-state index contributed by atoms with van der Waals surface area (Å²) >= 11 is 0. The number of aromatic amines is 1. The molecule has 0 aliphatic heterocycles. The summed E-state index contributed by atoms with van der Waals surface area (Å²) < 4.78 is 5.65. The van der Waals surface area contributed by atoms with Gasteiger partial charge in [-0.25, -0.2) is 0 Å². The van der Waals surface area contributed by atoms with Crippen molar-refractivity contribution >= 4 is 0 Å². The molecule has 0 spiro atoms. The van der Waals surface area contributed by atoms with Gasteiger partial charge in [-0.3, -0.25) is 0 Å². The summed E-state index contributed by atoms with van der Waals surface area (Å²) in [6.45, 7) is 7.04. The molecule has 0 atom stereocenters. The maximum absolute atomic E-state index is 5.65. The van der Waals surface area contributed by atoms with Gasteiger partial charge < -0.3 is 9.72 Å². The second kappa shape index (κ2) is 5.87. The molecular formula is C16H21NO. The van der Waals surface area contributed by atoms with Crippen LogP contribution in [0.1, 0.15) is 25.1 Å². The molecule has 2 aromatic rings. The molecule has 1 aromatic heterocycles. The lowest BCUT2D eigenvalue weighted by molar-refractivity contribution is 0.0813. The fourth-order valence-electron chi connectivity index (χ4n) is 2.15. The molecule has 0 radical (unpaired) electrons. The van der Waals surface area contributed by atoms with Gasteiger partial charge in [0.2, 0.25) is 0 Å². The van der Waals surface area contributed by atoms with Crippen LogP contribution >= 0.6 is 0 Å². The molecule has 0 saturated carbocycles. The SMILES string of the molecule is Cc1[nH]cc(-c2ccccc2)c1CCOC(C)C. The van der Waals surface area contributed by atoms with E-state index in [2.05, 4.69) is 56.2 Å². The van der Waals surface area contributed by atoms with E-state index in [-0.39, 0.29) is 0 Å². The standard InChI is InChI=1S/C16H21NO/c1-12(2)18-10-9-15-13(3)17-11-16(15)14-7-5-4-6-8-14/h4-8,11-12,17H,9-10H2,1-3H3. The van der Waals surface area contributed by atoms with E-state index in [1.807, 2.05) is 6.07 Å². The van der Waals surface area contributed by atoms with Gasteiger partial charge in [-0.2, -0.15) is 0 Å². The zero-order valence-corrected chi connectivity index (χ0v) is 11.4. The van der Waals surface area contributed by atoms with Gasteiger partial charge in [-0.05, 0) is 38.3 Å². The summed E-state index contributed by atoms with van der Waals surface area (Å²) in [5, 5.41) is 0. The number of hydrogen-bond donors (Lipinski definition) is 1. The fraction of sp³-hybridized carbons (Fsp3) is 0.375. The first kappa shape index (κ1) is 12.9. The van der Waals surface area contributed by atoms with E-state index in [4.69, 9.17) is 4.74 Å². The molecule has 0 aliphatic rings. The highest BCUT2D eigenvalue weighted by Crippen LogP contribution is 2.26. The zero-order valence-electron chi connectivity index (χ0n) is 11.4. The zero-order chi connectivity index (χ0) is 13.0. The summed E-state index contributed by atoms with van der Waals surface area (Å²) in [4.78, 5) is 3.32. The number of aromatic nitrogens is 1. The molecule has 1 heterocycles. The van der Waals surface area contributed by atoms with Gasteiger partial charge >= 0.3 is 0 Å². The van der Waals surface area contributed by atoms with E-state index >= 15 is 0 Å². The lowest BCUT2D eigenvalue weighted by atomic mass is 10.0. The van der Waals surface area contributed by atoms with Crippen molar-refractivity contribution < 1.29 is 4.74 Å². The van der Waals surface area contributed by atoms with Gasteiger partial charge in [0.25, 0.3) is 0 Å². The van der Waals surface area contributed by atoms with Crippen LogP contribution < -0.4 is 0 Å². The lowest BCUT2D eigenvalue weighted by Gasteiger charge is -2.09. The van der Waals surface area contributed by atoms with E-state index < -0.39 is 0 Å². The Morgan fingerprint density at radius 1 is 1.17 bits per heavy atom. The Morgan fingerprint density at radius 2 is 1.89 bits per heavy atom. The third kappa shape index (κ3) is 3.02. The maximum atomic E-state index is 5.65. The van der Waals surface area contributed by atoms with Crippen LogP contribution in [-0.4, -0.2) is 17.7 Å². The van der Waals surface area contributed by atoms with Gasteiger partial charge in [0.1, 0.15) is 0 Å². The molecule has 2 nitrogen and oxygen atoms in total. The average Bonchev–Trinajstić information content (AvgIpc) is 2.72. The van der Waals surface area contributed by atoms with Gasteiger partial charge in [0.05, 0.1) is 12.7 Å². The minimum atomic E-state index is 0.296. The second-order valence-electron chi connectivity index (χ2n) is 4.84. The largest absolute Gasteiger partial charge is 0.378 e. The predicted octanol–water partition coefficient (Wildman–Crippen LogP) is 3.96. The van der Waals surface area contributed by atoms with E-state index in [0.29, 0.717) is 6.10 Å². The van der Waals surface area contributed by atoms with Crippen molar-refractivity contribution in [3.8, 4) is 11.1 Å². The Hall–Kier alpha value is -1.54. The Bertz CT molecular complexity index is 485. The molecule has 1 aromatic carbocycles. The Labute approximate surface area is 109 Å². The van der Waals surface area contributed by atoms with Crippen molar-refractivity contribution in [2.75, 3.05) is 6.61 Å². The maximum Gasteiger partial charge on any atom is 0.0519 e. The topological polar surface area (TPSA) is 25.0 Å². The van der Waals surface area contributed by atoms with Crippen molar-refractivity contribution in [1.29, 1.82) is 0 Å². The third-order valence-corrected chi connectivity index (χ3v) is 3.10. The third-order valence-electron chi connectivity index (χ3n) is 3.10. The molecule has 0 bridgehead atoms. The average molecular weight is 243 g/mol. The first-order valence-electron chi connectivity index (χ1n) is 6.52. The molecule has 0 fully saturated rings. The second-order valence-corrected chi connectivity index (χ2v) is 4.84. The summed E-state index contributed by atoms with van der Waals surface area (Å²) in [5.41, 5.74) is 5.16. The minimum Gasteiger partial charge on any atom is -0.378 e. The predicted molar refractivity (Wildman–Crippen MR) is 75.8 cm³/mol. The smallest absolute Gasteiger partial charge is 0.0519 e. The highest BCUT2D eigenvalue weighted by atomic mass is 16.5. The normalized spacial score (nSPS) is 11.1. The first-order chi connectivity index (χ1) is 8.68. The van der Waals surface area contributed by atoms with Crippen molar-refractivity contribution in [3.63, 3.8) is 0 Å². The van der Waals surface area contributed by atoms with Crippen LogP contribution in [-0.2, 0) is 11.2 Å². The molecule has 2 rings (SSSR count). The van der Waals surface area contributed by atoms with Gasteiger partial charge in [-0.15, -0.1) is 0 Å². The number of H-pyrrole nitrogens is 1. The van der Waals surface area contributed by atoms with E-state index in [0.717, 1.165) is 13.0 Å². The van der Waals surface area contributed by atoms with Crippen LogP contribution in [0.3, 0.4) is 0 Å². The van der Waals surface area contributed by atoms with E-state index in [9.17, 15) is 0 Å². The lowest BCUT2D eigenvalue weighted by Crippen LogP contribution is -2.06. The molecule has 18 heavy (non-hydrogen) atoms. The molecular weight excluding hydrogens is 222 g/mol. The Kier molecular flexibility index (Phi) is 4.21. The number of nitrogens with one attached hydrogen (secondary N) is 1. The number of ether oxygens (including phenoxy) is 1. The van der Waals surface area contributed by atoms with Crippen LogP contribution in [0.2, 0.25) is 0 Å². The summed E-state index contributed by atoms with van der Waals surface area (Å²) in [5.74, 6) is 0. The molecule has 1 N–H and O–H groups in total. The highest BCUT2D eigenvalue weighted by molar-refractivity contribution is 5.68. The van der Waals surface area contributed by atoms with Crippen molar-refractivity contribution in [1.82, 2.24) is 4.98 Å². The van der Waals surface area contributed by atoms with Gasteiger partial charge in [0, 0.05) is 17.5 Å². The van der Waals surface area contributed by atoms with Crippen molar-refractivity contribution in [2.45, 2.75) is 33.3 Å².